The third-order valence-electron chi connectivity index (χ3n) is 5.87. The molecule has 9 heteroatoms. The molecule has 0 atom stereocenters. The van der Waals surface area contributed by atoms with Crippen LogP contribution in [0.15, 0.2) is 53.4 Å². The van der Waals surface area contributed by atoms with Gasteiger partial charge in [-0.1, -0.05) is 18.2 Å². The van der Waals surface area contributed by atoms with Crippen LogP contribution in [0.4, 0.5) is 0 Å². The topological polar surface area (TPSA) is 99.8 Å². The Morgan fingerprint density at radius 2 is 1.67 bits per heavy atom. The Morgan fingerprint density at radius 1 is 1.00 bits per heavy atom. The lowest BCUT2D eigenvalue weighted by molar-refractivity contribution is 0.0526. The maximum Gasteiger partial charge on any atom is 0.338 e. The first kappa shape index (κ1) is 23.2. The average molecular weight is 470 g/mol. The molecule has 8 nitrogen and oxygen atoms in total. The van der Waals surface area contributed by atoms with Crippen molar-refractivity contribution in [2.24, 2.45) is 0 Å². The van der Waals surface area contributed by atoms with E-state index in [4.69, 9.17) is 4.74 Å². The number of esters is 1. The number of aryl methyl sites for hydroxylation is 1. The Morgan fingerprint density at radius 3 is 2.33 bits per heavy atom. The number of benzene rings is 2. The van der Waals surface area contributed by atoms with Crippen molar-refractivity contribution in [2.45, 2.75) is 18.7 Å². The summed E-state index contributed by atoms with van der Waals surface area (Å²) in [5.41, 5.74) is 2.78. The SMILES string of the molecule is CCOC(=O)c1ccc(S(=O)(=O)N2CCN(CC(=O)c3c(C)[nH]c4ccccc34)CC2)cc1. The van der Waals surface area contributed by atoms with Crippen LogP contribution in [0.3, 0.4) is 0 Å². The van der Waals surface area contributed by atoms with E-state index < -0.39 is 16.0 Å². The van der Waals surface area contributed by atoms with Gasteiger partial charge in [0, 0.05) is 48.3 Å². The van der Waals surface area contributed by atoms with Crippen LogP contribution in [-0.2, 0) is 14.8 Å². The van der Waals surface area contributed by atoms with Crippen LogP contribution in [0.2, 0.25) is 0 Å². The van der Waals surface area contributed by atoms with Gasteiger partial charge in [-0.2, -0.15) is 4.31 Å². The van der Waals surface area contributed by atoms with E-state index >= 15 is 0 Å². The minimum absolute atomic E-state index is 0.0239. The zero-order chi connectivity index (χ0) is 23.6. The lowest BCUT2D eigenvalue weighted by Crippen LogP contribution is -2.49. The molecule has 0 spiro atoms. The minimum Gasteiger partial charge on any atom is -0.462 e. The quantitative estimate of drug-likeness (QED) is 0.422. The van der Waals surface area contributed by atoms with E-state index in [-0.39, 0.29) is 23.8 Å². The largest absolute Gasteiger partial charge is 0.462 e. The Balaban J connectivity index is 1.39. The molecule has 0 amide bonds. The molecule has 2 heterocycles. The Labute approximate surface area is 193 Å². The maximum atomic E-state index is 13.0. The van der Waals surface area contributed by atoms with Crippen molar-refractivity contribution in [1.82, 2.24) is 14.2 Å². The molecular weight excluding hydrogens is 442 g/mol. The predicted molar refractivity (Wildman–Crippen MR) is 125 cm³/mol. The number of sulfonamides is 1. The molecule has 1 aliphatic heterocycles. The second-order valence-corrected chi connectivity index (χ2v) is 9.96. The Bertz CT molecular complexity index is 1270. The number of aromatic amines is 1. The van der Waals surface area contributed by atoms with Crippen LogP contribution >= 0.6 is 0 Å². The van der Waals surface area contributed by atoms with Crippen LogP contribution in [0.25, 0.3) is 10.9 Å². The van der Waals surface area contributed by atoms with Crippen molar-refractivity contribution in [1.29, 1.82) is 0 Å². The monoisotopic (exact) mass is 469 g/mol. The number of carbonyl (C=O) groups is 2. The summed E-state index contributed by atoms with van der Waals surface area (Å²) in [5.74, 6) is -0.457. The summed E-state index contributed by atoms with van der Waals surface area (Å²) >= 11 is 0. The Kier molecular flexibility index (Phi) is 6.64. The van der Waals surface area contributed by atoms with Gasteiger partial charge in [-0.15, -0.1) is 0 Å². The third-order valence-corrected chi connectivity index (χ3v) is 7.79. The van der Waals surface area contributed by atoms with Crippen molar-refractivity contribution >= 4 is 32.7 Å². The number of hydrogen-bond acceptors (Lipinski definition) is 6. The first-order valence-corrected chi connectivity index (χ1v) is 12.4. The summed E-state index contributed by atoms with van der Waals surface area (Å²) in [7, 11) is -3.68. The van der Waals surface area contributed by atoms with Crippen molar-refractivity contribution in [2.75, 3.05) is 39.3 Å². The van der Waals surface area contributed by atoms with Gasteiger partial charge >= 0.3 is 5.97 Å². The zero-order valence-corrected chi connectivity index (χ0v) is 19.5. The van der Waals surface area contributed by atoms with E-state index in [2.05, 4.69) is 4.98 Å². The van der Waals surface area contributed by atoms with Crippen molar-refractivity contribution in [3.8, 4) is 0 Å². The van der Waals surface area contributed by atoms with E-state index in [0.29, 0.717) is 37.3 Å². The molecule has 1 N–H and O–H groups in total. The summed E-state index contributed by atoms with van der Waals surface area (Å²) in [6, 6.07) is 13.5. The number of fused-ring (bicyclic) bond motifs is 1. The van der Waals surface area contributed by atoms with Gasteiger partial charge in [-0.3, -0.25) is 9.69 Å². The van der Waals surface area contributed by atoms with Gasteiger partial charge in [0.25, 0.3) is 0 Å². The first-order chi connectivity index (χ1) is 15.8. The molecule has 0 aliphatic carbocycles. The number of hydrogen-bond donors (Lipinski definition) is 1. The number of ether oxygens (including phenoxy) is 1. The molecule has 174 valence electrons. The molecule has 1 fully saturated rings. The minimum atomic E-state index is -3.68. The number of H-pyrrole nitrogens is 1. The number of ketones is 1. The number of para-hydroxylation sites is 1. The van der Waals surface area contributed by atoms with Crippen LogP contribution in [-0.4, -0.2) is 73.7 Å². The zero-order valence-electron chi connectivity index (χ0n) is 18.7. The molecule has 4 rings (SSSR count). The summed E-state index contributed by atoms with van der Waals surface area (Å²) in [6.45, 7) is 5.62. The highest BCUT2D eigenvalue weighted by Crippen LogP contribution is 2.23. The first-order valence-electron chi connectivity index (χ1n) is 10.9. The van der Waals surface area contributed by atoms with Gasteiger partial charge in [0.2, 0.25) is 10.0 Å². The van der Waals surface area contributed by atoms with Crippen LogP contribution in [0.5, 0.6) is 0 Å². The van der Waals surface area contributed by atoms with Gasteiger partial charge in [-0.05, 0) is 44.2 Å². The molecule has 3 aromatic rings. The maximum absolute atomic E-state index is 13.0. The molecule has 1 saturated heterocycles. The fourth-order valence-electron chi connectivity index (χ4n) is 4.17. The lowest BCUT2D eigenvalue weighted by Gasteiger charge is -2.33. The predicted octanol–water partition coefficient (Wildman–Crippen LogP) is 2.84. The van der Waals surface area contributed by atoms with E-state index in [1.807, 2.05) is 36.1 Å². The summed E-state index contributed by atoms with van der Waals surface area (Å²) in [4.78, 5) is 30.2. The molecule has 2 aromatic carbocycles. The van der Waals surface area contributed by atoms with Crippen molar-refractivity contribution in [3.63, 3.8) is 0 Å². The fourth-order valence-corrected chi connectivity index (χ4v) is 5.59. The summed E-state index contributed by atoms with van der Waals surface area (Å²) in [5, 5.41) is 0.910. The van der Waals surface area contributed by atoms with Gasteiger partial charge in [-0.25, -0.2) is 13.2 Å². The molecule has 0 saturated carbocycles. The highest BCUT2D eigenvalue weighted by atomic mass is 32.2. The van der Waals surface area contributed by atoms with E-state index in [9.17, 15) is 18.0 Å². The van der Waals surface area contributed by atoms with Gasteiger partial charge in [0.05, 0.1) is 23.6 Å². The molecule has 0 bridgehead atoms. The van der Waals surface area contributed by atoms with Crippen LogP contribution < -0.4 is 0 Å². The fraction of sp³-hybridized carbons (Fsp3) is 0.333. The molecule has 0 unspecified atom stereocenters. The number of nitrogens with zero attached hydrogens (tertiary/aromatic N) is 2. The lowest BCUT2D eigenvalue weighted by atomic mass is 10.1. The highest BCUT2D eigenvalue weighted by Gasteiger charge is 2.30. The highest BCUT2D eigenvalue weighted by molar-refractivity contribution is 7.89. The molecule has 1 aliphatic rings. The van der Waals surface area contributed by atoms with E-state index in [1.165, 1.54) is 28.6 Å². The van der Waals surface area contributed by atoms with Crippen LogP contribution in [0.1, 0.15) is 33.3 Å². The number of Topliss-reactive ketones (excluding diaryl/α,β-unsaturated/α-hetero) is 1. The average Bonchev–Trinajstić information content (AvgIpc) is 3.15. The number of aromatic nitrogens is 1. The number of carbonyl (C=O) groups excluding carboxylic acids is 2. The van der Waals surface area contributed by atoms with Crippen molar-refractivity contribution < 1.29 is 22.7 Å². The summed E-state index contributed by atoms with van der Waals surface area (Å²) < 4.78 is 32.4. The molecule has 33 heavy (non-hydrogen) atoms. The van der Waals surface area contributed by atoms with Gasteiger partial charge < -0.3 is 9.72 Å². The van der Waals surface area contributed by atoms with Gasteiger partial charge in [0.15, 0.2) is 5.78 Å². The normalized spacial score (nSPS) is 15.6. The molecular formula is C24H27N3O5S. The second-order valence-electron chi connectivity index (χ2n) is 8.02. The number of piperazine rings is 1. The molecule has 0 radical (unpaired) electrons. The number of nitrogens with one attached hydrogen (secondary N) is 1. The second kappa shape index (κ2) is 9.46. The van der Waals surface area contributed by atoms with Crippen LogP contribution in [0, 0.1) is 6.92 Å². The van der Waals surface area contributed by atoms with E-state index in [0.717, 1.165) is 16.6 Å². The Hall–Kier alpha value is -3.01. The molecule has 1 aromatic heterocycles. The van der Waals surface area contributed by atoms with Gasteiger partial charge in [0.1, 0.15) is 0 Å². The smallest absolute Gasteiger partial charge is 0.338 e. The summed E-state index contributed by atoms with van der Waals surface area (Å²) in [6.07, 6.45) is 0. The standard InChI is InChI=1S/C24H27N3O5S/c1-3-32-24(29)18-8-10-19(11-9-18)33(30,31)27-14-12-26(13-15-27)16-22(28)23-17(2)25-21-7-5-4-6-20(21)23/h4-11,25H,3,12-16H2,1-2H3. The van der Waals surface area contributed by atoms with Crippen molar-refractivity contribution in [3.05, 3.63) is 65.4 Å². The number of rotatable bonds is 7. The van der Waals surface area contributed by atoms with E-state index in [1.54, 1.807) is 6.92 Å². The third kappa shape index (κ3) is 4.71.